The van der Waals surface area contributed by atoms with Crippen LogP contribution in [0.25, 0.3) is 0 Å². The van der Waals surface area contributed by atoms with Crippen LogP contribution in [-0.4, -0.2) is 105 Å². The number of carbonyl (C=O) groups excluding carboxylic acids is 6. The van der Waals surface area contributed by atoms with Gasteiger partial charge in [-0.3, -0.25) is 33.6 Å². The number of amides is 6. The first-order chi connectivity index (χ1) is 22.9. The van der Waals surface area contributed by atoms with Crippen molar-refractivity contribution in [3.63, 3.8) is 0 Å². The molecule has 1 aliphatic heterocycles. The quantitative estimate of drug-likeness (QED) is 0.0803. The maximum Gasteiger partial charge on any atom is 0.305 e. The van der Waals surface area contributed by atoms with E-state index in [1.54, 1.807) is 30.3 Å². The number of rotatable bonds is 19. The smallest absolute Gasteiger partial charge is 0.305 e. The Hall–Kier alpha value is -5.32. The predicted molar refractivity (Wildman–Crippen MR) is 170 cm³/mol. The van der Waals surface area contributed by atoms with Gasteiger partial charge in [-0.15, -0.1) is 0 Å². The molecule has 1 saturated heterocycles. The number of aromatic nitrogens is 2. The van der Waals surface area contributed by atoms with Crippen molar-refractivity contribution in [2.24, 2.45) is 11.5 Å². The number of likely N-dealkylation sites (tertiary alicyclic amines) is 1. The van der Waals surface area contributed by atoms with Crippen molar-refractivity contribution in [2.75, 3.05) is 19.6 Å². The van der Waals surface area contributed by atoms with Crippen LogP contribution in [0, 0.1) is 0 Å². The van der Waals surface area contributed by atoms with Gasteiger partial charge >= 0.3 is 5.97 Å². The van der Waals surface area contributed by atoms with Crippen LogP contribution in [0.2, 0.25) is 0 Å². The normalized spacial score (nSPS) is 15.9. The second-order valence-corrected chi connectivity index (χ2v) is 11.4. The fraction of sp³-hybridized carbons (Fsp3) is 0.484. The van der Waals surface area contributed by atoms with Crippen LogP contribution >= 0.6 is 0 Å². The van der Waals surface area contributed by atoms with E-state index in [1.165, 1.54) is 17.4 Å². The number of primary amides is 1. The van der Waals surface area contributed by atoms with E-state index < -0.39 is 65.6 Å². The van der Waals surface area contributed by atoms with E-state index in [0.717, 1.165) is 5.56 Å². The van der Waals surface area contributed by atoms with E-state index in [1.807, 2.05) is 0 Å². The summed E-state index contributed by atoms with van der Waals surface area (Å²) in [7, 11) is 0. The number of hydrogen-bond acceptors (Lipinski definition) is 9. The molecule has 4 atom stereocenters. The van der Waals surface area contributed by atoms with Crippen molar-refractivity contribution in [3.05, 3.63) is 54.1 Å². The maximum atomic E-state index is 14.0. The summed E-state index contributed by atoms with van der Waals surface area (Å²) in [6.07, 6.45) is 3.47. The number of imidazole rings is 1. The number of benzene rings is 1. The topological polar surface area (TPSA) is 272 Å². The lowest BCUT2D eigenvalue weighted by molar-refractivity contribution is -0.142. The molecule has 0 unspecified atom stereocenters. The van der Waals surface area contributed by atoms with Crippen molar-refractivity contribution in [3.8, 4) is 0 Å². The first kappa shape index (κ1) is 37.1. The number of carboxylic acid groups (broad SMARTS) is 1. The molecule has 1 aromatic carbocycles. The van der Waals surface area contributed by atoms with Gasteiger partial charge in [0.25, 0.3) is 0 Å². The Balaban J connectivity index is 1.72. The molecule has 2 aromatic rings. The SMILES string of the molecule is NC(=O)CC[C@H](N)C(=O)N[C@H](Cc1ccccc1)C(=O)N[C@@H](Cc1cnc[nH]1)C(=O)N1CCC[C@@H]1C(=O)NCCC(=O)NCCC(=O)O. The van der Waals surface area contributed by atoms with Crippen molar-refractivity contribution < 1.29 is 38.7 Å². The molecule has 0 bridgehead atoms. The summed E-state index contributed by atoms with van der Waals surface area (Å²) in [6, 6.07) is 4.66. The first-order valence-electron chi connectivity index (χ1n) is 15.7. The number of nitrogens with zero attached hydrogens (tertiary/aromatic N) is 2. The lowest BCUT2D eigenvalue weighted by Crippen LogP contribution is -2.58. The van der Waals surface area contributed by atoms with Crippen LogP contribution in [0.4, 0.5) is 0 Å². The van der Waals surface area contributed by atoms with Gasteiger partial charge in [0.05, 0.1) is 18.8 Å². The van der Waals surface area contributed by atoms with Gasteiger partial charge in [0, 0.05) is 57.2 Å². The Morgan fingerprint density at radius 3 is 2.31 bits per heavy atom. The summed E-state index contributed by atoms with van der Waals surface area (Å²) in [5, 5.41) is 19.2. The zero-order valence-electron chi connectivity index (χ0n) is 26.5. The molecule has 6 amide bonds. The molecule has 260 valence electrons. The molecular weight excluding hydrogens is 626 g/mol. The van der Waals surface area contributed by atoms with Gasteiger partial charge in [-0.05, 0) is 24.8 Å². The van der Waals surface area contributed by atoms with Gasteiger partial charge in [0.2, 0.25) is 35.4 Å². The number of nitrogens with one attached hydrogen (secondary N) is 5. The Morgan fingerprint density at radius 2 is 1.65 bits per heavy atom. The van der Waals surface area contributed by atoms with Gasteiger partial charge in [-0.2, -0.15) is 0 Å². The van der Waals surface area contributed by atoms with E-state index >= 15 is 0 Å². The third-order valence-corrected chi connectivity index (χ3v) is 7.70. The molecule has 0 aliphatic carbocycles. The zero-order valence-corrected chi connectivity index (χ0v) is 26.5. The third-order valence-electron chi connectivity index (χ3n) is 7.70. The summed E-state index contributed by atoms with van der Waals surface area (Å²) < 4.78 is 0. The summed E-state index contributed by atoms with van der Waals surface area (Å²) in [6.45, 7) is 0.197. The van der Waals surface area contributed by atoms with Crippen LogP contribution in [0.15, 0.2) is 42.9 Å². The Kier molecular flexibility index (Phi) is 14.5. The number of aromatic amines is 1. The van der Waals surface area contributed by atoms with Crippen LogP contribution in [0.5, 0.6) is 0 Å². The first-order valence-corrected chi connectivity index (χ1v) is 15.7. The monoisotopic (exact) mass is 669 g/mol. The lowest BCUT2D eigenvalue weighted by Gasteiger charge is -2.30. The zero-order chi connectivity index (χ0) is 35.1. The average Bonchev–Trinajstić information content (AvgIpc) is 3.75. The highest BCUT2D eigenvalue weighted by atomic mass is 16.4. The fourth-order valence-corrected chi connectivity index (χ4v) is 5.17. The Labute approximate surface area is 277 Å². The molecule has 0 saturated carbocycles. The summed E-state index contributed by atoms with van der Waals surface area (Å²) in [4.78, 5) is 95.8. The number of H-pyrrole nitrogens is 1. The number of carboxylic acids is 1. The molecule has 3 rings (SSSR count). The molecule has 2 heterocycles. The van der Waals surface area contributed by atoms with Gasteiger partial charge < -0.3 is 47.7 Å². The van der Waals surface area contributed by atoms with E-state index in [9.17, 15) is 33.6 Å². The number of carbonyl (C=O) groups is 7. The summed E-state index contributed by atoms with van der Waals surface area (Å²) in [5.41, 5.74) is 12.4. The molecule has 1 fully saturated rings. The average molecular weight is 670 g/mol. The second kappa shape index (κ2) is 18.7. The molecular formula is C31H43N9O8. The van der Waals surface area contributed by atoms with Crippen molar-refractivity contribution in [2.45, 2.75) is 75.5 Å². The fourth-order valence-electron chi connectivity index (χ4n) is 5.17. The minimum Gasteiger partial charge on any atom is -0.481 e. The number of aliphatic carboxylic acids is 1. The molecule has 0 spiro atoms. The second-order valence-electron chi connectivity index (χ2n) is 11.4. The minimum absolute atomic E-state index is 0.00998. The molecule has 0 radical (unpaired) electrons. The minimum atomic E-state index is -1.15. The van der Waals surface area contributed by atoms with Gasteiger partial charge in [-0.25, -0.2) is 4.98 Å². The molecule has 17 nitrogen and oxygen atoms in total. The third kappa shape index (κ3) is 12.1. The molecule has 1 aromatic heterocycles. The highest BCUT2D eigenvalue weighted by Gasteiger charge is 2.38. The van der Waals surface area contributed by atoms with Gasteiger partial charge in [0.1, 0.15) is 18.1 Å². The van der Waals surface area contributed by atoms with Crippen molar-refractivity contribution >= 4 is 41.4 Å². The van der Waals surface area contributed by atoms with Gasteiger partial charge in [0.15, 0.2) is 0 Å². The van der Waals surface area contributed by atoms with Crippen molar-refractivity contribution in [1.82, 2.24) is 36.1 Å². The van der Waals surface area contributed by atoms with E-state index in [-0.39, 0.29) is 58.2 Å². The molecule has 1 aliphatic rings. The summed E-state index contributed by atoms with van der Waals surface area (Å²) in [5.74, 6) is -4.42. The van der Waals surface area contributed by atoms with Crippen LogP contribution in [0.1, 0.15) is 49.8 Å². The van der Waals surface area contributed by atoms with Crippen LogP contribution in [0.3, 0.4) is 0 Å². The van der Waals surface area contributed by atoms with E-state index in [2.05, 4.69) is 31.2 Å². The highest BCUT2D eigenvalue weighted by molar-refractivity contribution is 5.95. The summed E-state index contributed by atoms with van der Waals surface area (Å²) >= 11 is 0. The number of nitrogens with two attached hydrogens (primary N) is 2. The highest BCUT2D eigenvalue weighted by Crippen LogP contribution is 2.20. The lowest BCUT2D eigenvalue weighted by atomic mass is 10.0. The standard InChI is InChI=1S/C31H43N9O8/c32-21(8-9-25(33)41)28(45)38-22(15-19-5-2-1-3-6-19)29(46)39-23(16-20-17-34-18-37-20)31(48)40-14-4-7-24(40)30(47)36-12-10-26(42)35-13-11-27(43)44/h1-3,5-6,17-18,21-24H,4,7-16,32H2,(H2,33,41)(H,34,37)(H,35,42)(H,36,47)(H,38,45)(H,39,46)(H,43,44)/t21-,22+,23-,24+/m0/s1. The van der Waals surface area contributed by atoms with Crippen molar-refractivity contribution in [1.29, 1.82) is 0 Å². The van der Waals surface area contributed by atoms with Crippen LogP contribution < -0.4 is 32.7 Å². The molecule has 17 heteroatoms. The Morgan fingerprint density at radius 1 is 0.938 bits per heavy atom. The molecule has 10 N–H and O–H groups in total. The molecule has 48 heavy (non-hydrogen) atoms. The number of hydrogen-bond donors (Lipinski definition) is 8. The van der Waals surface area contributed by atoms with E-state index in [0.29, 0.717) is 18.5 Å². The van der Waals surface area contributed by atoms with Gasteiger partial charge in [-0.1, -0.05) is 30.3 Å². The maximum absolute atomic E-state index is 14.0. The van der Waals surface area contributed by atoms with Crippen LogP contribution in [-0.2, 0) is 46.4 Å². The largest absolute Gasteiger partial charge is 0.481 e. The predicted octanol–water partition coefficient (Wildman–Crippen LogP) is -2.15. The van der Waals surface area contributed by atoms with E-state index in [4.69, 9.17) is 16.6 Å². The Bertz CT molecular complexity index is 1420.